The summed E-state index contributed by atoms with van der Waals surface area (Å²) in [6, 6.07) is 14.0. The summed E-state index contributed by atoms with van der Waals surface area (Å²) in [6.45, 7) is -0.545. The summed E-state index contributed by atoms with van der Waals surface area (Å²) in [5.74, 6) is -1.41. The Morgan fingerprint density at radius 3 is 2.22 bits per heavy atom. The van der Waals surface area contributed by atoms with E-state index in [1.165, 1.54) is 37.0 Å². The monoisotopic (exact) mass is 563 g/mol. The number of anilines is 1. The predicted octanol–water partition coefficient (Wildman–Crippen LogP) is 7.02. The fourth-order valence-electron chi connectivity index (χ4n) is 4.29. The van der Waals surface area contributed by atoms with E-state index in [1.807, 2.05) is 12.1 Å². The van der Waals surface area contributed by atoms with E-state index in [2.05, 4.69) is 4.72 Å². The highest BCUT2D eigenvalue weighted by molar-refractivity contribution is 7.92. The minimum atomic E-state index is -4.26. The molecule has 3 aromatic carbocycles. The number of benzene rings is 3. The number of carbonyl (C=O) groups excluding carboxylic acids is 2. The molecule has 1 saturated carbocycles. The van der Waals surface area contributed by atoms with Crippen molar-refractivity contribution in [2.24, 2.45) is 0 Å². The second-order valence-electron chi connectivity index (χ2n) is 8.83. The van der Waals surface area contributed by atoms with Gasteiger partial charge in [0.1, 0.15) is 10.7 Å². The first-order valence-corrected chi connectivity index (χ1v) is 14.0. The normalized spacial score (nSPS) is 14.2. The van der Waals surface area contributed by atoms with Gasteiger partial charge in [-0.15, -0.1) is 0 Å². The van der Waals surface area contributed by atoms with Crippen molar-refractivity contribution < 1.29 is 27.1 Å². The summed E-state index contributed by atoms with van der Waals surface area (Å²) in [5, 5.41) is -0.370. The molecule has 0 atom stereocenters. The molecule has 1 N–H and O–H groups in total. The second-order valence-corrected chi connectivity index (χ2v) is 11.3. The number of hydrogen-bond acceptors (Lipinski definition) is 5. The Hall–Kier alpha value is -2.94. The zero-order valence-corrected chi connectivity index (χ0v) is 22.0. The van der Waals surface area contributed by atoms with Crippen LogP contribution in [0.4, 0.5) is 10.1 Å². The largest absolute Gasteiger partial charge is 0.454 e. The molecule has 6 nitrogen and oxygen atoms in total. The van der Waals surface area contributed by atoms with Gasteiger partial charge in [-0.05, 0) is 60.7 Å². The maximum atomic E-state index is 13.1. The Kier molecular flexibility index (Phi) is 8.52. The molecule has 0 spiro atoms. The molecule has 0 radical (unpaired) electrons. The molecule has 1 aliphatic rings. The maximum absolute atomic E-state index is 13.1. The summed E-state index contributed by atoms with van der Waals surface area (Å²) in [5.41, 5.74) is 1.42. The van der Waals surface area contributed by atoms with Gasteiger partial charge in [0.05, 0.1) is 15.6 Å². The number of ether oxygens (including phenoxy) is 1. The molecule has 0 unspecified atom stereocenters. The van der Waals surface area contributed by atoms with Crippen LogP contribution in [0.3, 0.4) is 0 Å². The molecule has 0 aliphatic heterocycles. The van der Waals surface area contributed by atoms with Gasteiger partial charge in [0.2, 0.25) is 0 Å². The van der Waals surface area contributed by atoms with E-state index < -0.39 is 39.1 Å². The van der Waals surface area contributed by atoms with E-state index >= 15 is 0 Å². The zero-order valence-electron chi connectivity index (χ0n) is 19.7. The van der Waals surface area contributed by atoms with Crippen molar-refractivity contribution in [3.8, 4) is 0 Å². The summed E-state index contributed by atoms with van der Waals surface area (Å²) < 4.78 is 46.2. The Labute approximate surface area is 224 Å². The van der Waals surface area contributed by atoms with Crippen LogP contribution >= 0.6 is 23.2 Å². The number of carbonyl (C=O) groups is 2. The van der Waals surface area contributed by atoms with Gasteiger partial charge in [-0.25, -0.2) is 17.6 Å². The van der Waals surface area contributed by atoms with Crippen LogP contribution in [0.25, 0.3) is 0 Å². The number of esters is 1. The van der Waals surface area contributed by atoms with Gasteiger partial charge < -0.3 is 4.74 Å². The summed E-state index contributed by atoms with van der Waals surface area (Å²) >= 11 is 12.2. The fraction of sp³-hybridized carbons (Fsp3) is 0.259. The van der Waals surface area contributed by atoms with E-state index in [4.69, 9.17) is 27.9 Å². The lowest BCUT2D eigenvalue weighted by molar-refractivity contribution is 0.0474. The standard InChI is InChI=1S/C27H24Cl2FNO5S/c28-23-15-24(29)26(37(34,35)31-21-12-10-20(30)11-13-21)14-22(23)27(33)36-16-25(32)19-8-6-18(7-9-19)17-4-2-1-3-5-17/h6-15,17,31H,1-5,16H2. The van der Waals surface area contributed by atoms with E-state index in [9.17, 15) is 22.4 Å². The van der Waals surface area contributed by atoms with Gasteiger partial charge in [0, 0.05) is 11.3 Å². The van der Waals surface area contributed by atoms with E-state index in [0.717, 1.165) is 37.1 Å². The van der Waals surface area contributed by atoms with Gasteiger partial charge in [-0.2, -0.15) is 0 Å². The number of Topliss-reactive ketones (excluding diaryl/α,β-unsaturated/α-hetero) is 1. The van der Waals surface area contributed by atoms with Crippen molar-refractivity contribution in [3.05, 3.63) is 93.2 Å². The van der Waals surface area contributed by atoms with Crippen molar-refractivity contribution in [2.45, 2.75) is 42.9 Å². The summed E-state index contributed by atoms with van der Waals surface area (Å²) in [4.78, 5) is 24.9. The summed E-state index contributed by atoms with van der Waals surface area (Å²) in [6.07, 6.45) is 5.96. The van der Waals surface area contributed by atoms with Crippen molar-refractivity contribution in [2.75, 3.05) is 11.3 Å². The Morgan fingerprint density at radius 2 is 1.57 bits per heavy atom. The van der Waals surface area contributed by atoms with Crippen LogP contribution < -0.4 is 4.72 Å². The smallest absolute Gasteiger partial charge is 0.340 e. The minimum Gasteiger partial charge on any atom is -0.454 e. The topological polar surface area (TPSA) is 89.5 Å². The SMILES string of the molecule is O=C(COC(=O)c1cc(S(=O)(=O)Nc2ccc(F)cc2)c(Cl)cc1Cl)c1ccc(C2CCCCC2)cc1. The fourth-order valence-corrected chi connectivity index (χ4v) is 6.20. The van der Waals surface area contributed by atoms with Crippen molar-refractivity contribution >= 4 is 50.7 Å². The molecule has 1 aliphatic carbocycles. The highest BCUT2D eigenvalue weighted by atomic mass is 35.5. The number of nitrogens with one attached hydrogen (secondary N) is 1. The molecular formula is C27H24Cl2FNO5S. The molecule has 37 heavy (non-hydrogen) atoms. The Morgan fingerprint density at radius 1 is 0.919 bits per heavy atom. The lowest BCUT2D eigenvalue weighted by Crippen LogP contribution is -2.17. The Bertz CT molecular complexity index is 1400. The molecule has 1 fully saturated rings. The quantitative estimate of drug-likeness (QED) is 0.235. The average Bonchev–Trinajstić information content (AvgIpc) is 2.89. The molecule has 0 aromatic heterocycles. The van der Waals surface area contributed by atoms with Crippen LogP contribution in [0, 0.1) is 5.82 Å². The van der Waals surface area contributed by atoms with Crippen LogP contribution in [0.5, 0.6) is 0 Å². The van der Waals surface area contributed by atoms with Gasteiger partial charge in [-0.1, -0.05) is 66.7 Å². The molecule has 0 heterocycles. The molecule has 3 aromatic rings. The molecule has 4 rings (SSSR count). The third-order valence-electron chi connectivity index (χ3n) is 6.27. The van der Waals surface area contributed by atoms with Gasteiger partial charge >= 0.3 is 5.97 Å². The lowest BCUT2D eigenvalue weighted by Gasteiger charge is -2.22. The van der Waals surface area contributed by atoms with Gasteiger partial charge in [-0.3, -0.25) is 9.52 Å². The highest BCUT2D eigenvalue weighted by Gasteiger charge is 2.24. The van der Waals surface area contributed by atoms with Crippen LogP contribution in [0.15, 0.2) is 65.6 Å². The first-order chi connectivity index (χ1) is 17.6. The molecule has 0 saturated heterocycles. The van der Waals surface area contributed by atoms with Crippen LogP contribution in [0.1, 0.15) is 64.3 Å². The van der Waals surface area contributed by atoms with E-state index in [1.54, 1.807) is 12.1 Å². The molecule has 10 heteroatoms. The third kappa shape index (κ3) is 6.69. The van der Waals surface area contributed by atoms with Gasteiger partial charge in [0.25, 0.3) is 10.0 Å². The van der Waals surface area contributed by atoms with Crippen molar-refractivity contribution in [1.29, 1.82) is 0 Å². The number of rotatable bonds is 8. The summed E-state index contributed by atoms with van der Waals surface area (Å²) in [7, 11) is -4.26. The van der Waals surface area contributed by atoms with Crippen molar-refractivity contribution in [3.63, 3.8) is 0 Å². The Balaban J connectivity index is 1.44. The molecule has 194 valence electrons. The first-order valence-electron chi connectivity index (χ1n) is 11.7. The van der Waals surface area contributed by atoms with E-state index in [0.29, 0.717) is 11.5 Å². The second kappa shape index (κ2) is 11.6. The number of hydrogen-bond donors (Lipinski definition) is 1. The van der Waals surface area contributed by atoms with Crippen LogP contribution in [-0.2, 0) is 14.8 Å². The third-order valence-corrected chi connectivity index (χ3v) is 8.43. The van der Waals surface area contributed by atoms with Crippen molar-refractivity contribution in [1.82, 2.24) is 0 Å². The first kappa shape index (κ1) is 27.1. The maximum Gasteiger partial charge on any atom is 0.340 e. The van der Waals surface area contributed by atoms with Crippen LogP contribution in [0.2, 0.25) is 10.0 Å². The zero-order chi connectivity index (χ0) is 26.6. The lowest BCUT2D eigenvalue weighted by atomic mass is 9.84. The van der Waals surface area contributed by atoms with Gasteiger partial charge in [0.15, 0.2) is 12.4 Å². The predicted molar refractivity (Wildman–Crippen MR) is 141 cm³/mol. The molecular weight excluding hydrogens is 540 g/mol. The molecule has 0 bridgehead atoms. The number of ketones is 1. The number of sulfonamides is 1. The minimum absolute atomic E-state index is 0.0941. The van der Waals surface area contributed by atoms with Crippen LogP contribution in [-0.4, -0.2) is 26.8 Å². The average molecular weight is 564 g/mol. The highest BCUT2D eigenvalue weighted by Crippen LogP contribution is 2.33. The molecule has 0 amide bonds. The van der Waals surface area contributed by atoms with E-state index in [-0.39, 0.29) is 21.3 Å². The number of halogens is 3.